The van der Waals surface area contributed by atoms with E-state index in [1.807, 2.05) is 12.1 Å². The Kier molecular flexibility index (Phi) is 6.29. The van der Waals surface area contributed by atoms with Gasteiger partial charge in [0.25, 0.3) is 0 Å². The highest BCUT2D eigenvalue weighted by Gasteiger charge is 2.32. The van der Waals surface area contributed by atoms with Crippen molar-refractivity contribution in [1.82, 2.24) is 25.2 Å². The van der Waals surface area contributed by atoms with Crippen LogP contribution >= 0.6 is 0 Å². The first-order valence-corrected chi connectivity index (χ1v) is 10.3. The van der Waals surface area contributed by atoms with Crippen LogP contribution in [0.5, 0.6) is 0 Å². The molecule has 29 heavy (non-hydrogen) atoms. The third-order valence-corrected chi connectivity index (χ3v) is 5.88. The average molecular weight is 398 g/mol. The van der Waals surface area contributed by atoms with E-state index in [-0.39, 0.29) is 11.8 Å². The van der Waals surface area contributed by atoms with Crippen LogP contribution in [0.2, 0.25) is 0 Å². The zero-order valence-electron chi connectivity index (χ0n) is 16.5. The largest absolute Gasteiger partial charge is 0.352 e. The van der Waals surface area contributed by atoms with Gasteiger partial charge in [0.2, 0.25) is 11.9 Å². The Hall–Kier alpha value is -2.61. The molecule has 1 atom stereocenters. The van der Waals surface area contributed by atoms with Crippen LogP contribution in [0.15, 0.2) is 36.9 Å². The minimum atomic E-state index is -0.412. The van der Waals surface area contributed by atoms with Crippen molar-refractivity contribution in [3.05, 3.63) is 48.3 Å². The number of halogens is 1. The van der Waals surface area contributed by atoms with Crippen LogP contribution < -0.4 is 10.2 Å². The molecule has 2 fully saturated rings. The van der Waals surface area contributed by atoms with Crippen LogP contribution in [0.4, 0.5) is 10.3 Å². The standard InChI is InChI=1S/C21H27FN6O/c22-18-13-25-21(26-14-18)27-9-5-19(6-10-27)28-8-2-4-17(15-28)20(29)24-12-16-3-1-7-23-11-16/h1,3,7,11,13-14,17,19H,2,4-6,8-10,12,15H2,(H,24,29)/t17-/m1/s1. The average Bonchev–Trinajstić information content (AvgIpc) is 2.79. The van der Waals surface area contributed by atoms with Crippen molar-refractivity contribution < 1.29 is 9.18 Å². The summed E-state index contributed by atoms with van der Waals surface area (Å²) in [5, 5.41) is 3.06. The highest BCUT2D eigenvalue weighted by molar-refractivity contribution is 5.78. The van der Waals surface area contributed by atoms with Crippen molar-refractivity contribution in [2.45, 2.75) is 38.3 Å². The number of likely N-dealkylation sites (tertiary alicyclic amines) is 1. The fourth-order valence-electron chi connectivity index (χ4n) is 4.29. The van der Waals surface area contributed by atoms with E-state index in [0.29, 0.717) is 18.5 Å². The minimum Gasteiger partial charge on any atom is -0.352 e. The molecule has 1 amide bonds. The predicted molar refractivity (Wildman–Crippen MR) is 108 cm³/mol. The van der Waals surface area contributed by atoms with Crippen molar-refractivity contribution in [3.63, 3.8) is 0 Å². The van der Waals surface area contributed by atoms with Gasteiger partial charge >= 0.3 is 0 Å². The summed E-state index contributed by atoms with van der Waals surface area (Å²) < 4.78 is 13.0. The van der Waals surface area contributed by atoms with Crippen molar-refractivity contribution >= 4 is 11.9 Å². The molecule has 0 saturated carbocycles. The molecule has 2 aromatic rings. The molecule has 2 aromatic heterocycles. The quantitative estimate of drug-likeness (QED) is 0.831. The number of anilines is 1. The second-order valence-corrected chi connectivity index (χ2v) is 7.83. The van der Waals surface area contributed by atoms with Crippen molar-refractivity contribution in [2.24, 2.45) is 5.92 Å². The first kappa shape index (κ1) is 19.7. The van der Waals surface area contributed by atoms with E-state index in [1.54, 1.807) is 12.4 Å². The Labute approximate surface area is 170 Å². The number of hydrogen-bond acceptors (Lipinski definition) is 6. The number of amides is 1. The molecular weight excluding hydrogens is 371 g/mol. The molecule has 7 nitrogen and oxygen atoms in total. The van der Waals surface area contributed by atoms with Gasteiger partial charge < -0.3 is 10.2 Å². The van der Waals surface area contributed by atoms with Gasteiger partial charge in [0, 0.05) is 44.6 Å². The molecule has 0 unspecified atom stereocenters. The maximum absolute atomic E-state index is 13.0. The molecule has 4 rings (SSSR count). The number of rotatable bonds is 5. The second-order valence-electron chi connectivity index (χ2n) is 7.83. The Morgan fingerprint density at radius 3 is 2.66 bits per heavy atom. The molecular formula is C21H27FN6O. The number of hydrogen-bond donors (Lipinski definition) is 1. The van der Waals surface area contributed by atoms with Gasteiger partial charge in [0.15, 0.2) is 5.82 Å². The van der Waals surface area contributed by atoms with E-state index in [1.165, 1.54) is 12.4 Å². The van der Waals surface area contributed by atoms with Gasteiger partial charge in [-0.15, -0.1) is 0 Å². The molecule has 0 spiro atoms. The van der Waals surface area contributed by atoms with E-state index in [4.69, 9.17) is 0 Å². The number of nitrogens with one attached hydrogen (secondary N) is 1. The molecule has 0 bridgehead atoms. The molecule has 2 aliphatic rings. The molecule has 8 heteroatoms. The van der Waals surface area contributed by atoms with Crippen LogP contribution in [0.1, 0.15) is 31.2 Å². The fourth-order valence-corrected chi connectivity index (χ4v) is 4.29. The lowest BCUT2D eigenvalue weighted by molar-refractivity contribution is -0.127. The summed E-state index contributed by atoms with van der Waals surface area (Å²) in [6.07, 6.45) is 9.95. The lowest BCUT2D eigenvalue weighted by atomic mass is 9.93. The lowest BCUT2D eigenvalue weighted by Gasteiger charge is -2.42. The monoisotopic (exact) mass is 398 g/mol. The topological polar surface area (TPSA) is 74.2 Å². The van der Waals surface area contributed by atoms with E-state index < -0.39 is 5.82 Å². The van der Waals surface area contributed by atoms with Gasteiger partial charge in [-0.25, -0.2) is 14.4 Å². The van der Waals surface area contributed by atoms with Crippen LogP contribution in [0.25, 0.3) is 0 Å². The maximum atomic E-state index is 13.0. The highest BCUT2D eigenvalue weighted by Crippen LogP contribution is 2.25. The maximum Gasteiger partial charge on any atom is 0.225 e. The number of pyridine rings is 1. The van der Waals surface area contributed by atoms with Crippen LogP contribution in [-0.4, -0.2) is 58.0 Å². The minimum absolute atomic E-state index is 0.0406. The number of aromatic nitrogens is 3. The summed E-state index contributed by atoms with van der Waals surface area (Å²) in [6, 6.07) is 4.33. The molecule has 0 aromatic carbocycles. The van der Waals surface area contributed by atoms with E-state index in [9.17, 15) is 9.18 Å². The van der Waals surface area contributed by atoms with Gasteiger partial charge in [0.1, 0.15) is 0 Å². The molecule has 4 heterocycles. The first-order valence-electron chi connectivity index (χ1n) is 10.3. The van der Waals surface area contributed by atoms with E-state index >= 15 is 0 Å². The Balaban J connectivity index is 1.26. The van der Waals surface area contributed by atoms with Gasteiger partial charge in [-0.1, -0.05) is 6.07 Å². The summed E-state index contributed by atoms with van der Waals surface area (Å²) in [7, 11) is 0. The van der Waals surface area contributed by atoms with Crippen LogP contribution in [0, 0.1) is 11.7 Å². The third-order valence-electron chi connectivity index (χ3n) is 5.88. The Morgan fingerprint density at radius 1 is 1.14 bits per heavy atom. The van der Waals surface area contributed by atoms with E-state index in [2.05, 4.69) is 30.1 Å². The fraction of sp³-hybridized carbons (Fsp3) is 0.524. The number of piperidine rings is 2. The van der Waals surface area contributed by atoms with E-state index in [0.717, 1.165) is 57.4 Å². The molecule has 154 valence electrons. The zero-order valence-corrected chi connectivity index (χ0v) is 16.5. The molecule has 0 aliphatic carbocycles. The van der Waals surface area contributed by atoms with Crippen molar-refractivity contribution in [3.8, 4) is 0 Å². The summed E-state index contributed by atoms with van der Waals surface area (Å²) in [6.45, 7) is 4.09. The SMILES string of the molecule is O=C(NCc1cccnc1)[C@@H]1CCCN(C2CCN(c3ncc(F)cn3)CC2)C1. The second kappa shape index (κ2) is 9.26. The summed E-state index contributed by atoms with van der Waals surface area (Å²) in [5.74, 6) is 0.357. The number of carbonyl (C=O) groups is 1. The molecule has 0 radical (unpaired) electrons. The number of carbonyl (C=O) groups excluding carboxylic acids is 1. The third kappa shape index (κ3) is 5.06. The van der Waals surface area contributed by atoms with Crippen molar-refractivity contribution in [2.75, 3.05) is 31.1 Å². The number of nitrogens with zero attached hydrogens (tertiary/aromatic N) is 5. The molecule has 2 saturated heterocycles. The summed E-state index contributed by atoms with van der Waals surface area (Å²) in [5.41, 5.74) is 1.02. The zero-order chi connectivity index (χ0) is 20.1. The molecule has 1 N–H and O–H groups in total. The van der Waals surface area contributed by atoms with Gasteiger partial charge in [0.05, 0.1) is 18.3 Å². The Bertz CT molecular complexity index is 795. The Morgan fingerprint density at radius 2 is 1.93 bits per heavy atom. The highest BCUT2D eigenvalue weighted by atomic mass is 19.1. The molecule has 2 aliphatic heterocycles. The summed E-state index contributed by atoms with van der Waals surface area (Å²) >= 11 is 0. The predicted octanol–water partition coefficient (Wildman–Crippen LogP) is 2.01. The van der Waals surface area contributed by atoms with Crippen molar-refractivity contribution in [1.29, 1.82) is 0 Å². The smallest absolute Gasteiger partial charge is 0.225 e. The van der Waals surface area contributed by atoms with Gasteiger partial charge in [-0.3, -0.25) is 14.7 Å². The van der Waals surface area contributed by atoms with Crippen LogP contribution in [0.3, 0.4) is 0 Å². The first-order chi connectivity index (χ1) is 14.2. The normalized spacial score (nSPS) is 21.1. The van der Waals surface area contributed by atoms with Crippen LogP contribution in [-0.2, 0) is 11.3 Å². The lowest BCUT2D eigenvalue weighted by Crippen LogP contribution is -2.51. The van der Waals surface area contributed by atoms with Gasteiger partial charge in [-0.05, 0) is 43.9 Å². The van der Waals surface area contributed by atoms with Gasteiger partial charge in [-0.2, -0.15) is 0 Å². The summed E-state index contributed by atoms with van der Waals surface area (Å²) in [4.78, 5) is 29.5.